The van der Waals surface area contributed by atoms with Crippen LogP contribution in [0.3, 0.4) is 0 Å². The molecule has 0 fully saturated rings. The molecule has 0 aliphatic carbocycles. The summed E-state index contributed by atoms with van der Waals surface area (Å²) in [5.41, 5.74) is 2.11. The van der Waals surface area contributed by atoms with E-state index >= 15 is 0 Å². The van der Waals surface area contributed by atoms with E-state index in [1.54, 1.807) is 22.7 Å². The summed E-state index contributed by atoms with van der Waals surface area (Å²) in [5, 5.41) is 9.38. The lowest BCUT2D eigenvalue weighted by Crippen LogP contribution is -2.35. The summed E-state index contributed by atoms with van der Waals surface area (Å²) in [5.74, 6) is -0.130. The van der Waals surface area contributed by atoms with Gasteiger partial charge in [-0.1, -0.05) is 6.07 Å². The number of anilines is 1. The Morgan fingerprint density at radius 1 is 1.15 bits per heavy atom. The number of fused-ring (bicyclic) bond motifs is 1. The zero-order chi connectivity index (χ0) is 17.9. The molecule has 1 aliphatic heterocycles. The molecule has 2 amide bonds. The Morgan fingerprint density at radius 2 is 2.08 bits per heavy atom. The van der Waals surface area contributed by atoms with Gasteiger partial charge in [-0.3, -0.25) is 9.59 Å². The highest BCUT2D eigenvalue weighted by Crippen LogP contribution is 2.28. The summed E-state index contributed by atoms with van der Waals surface area (Å²) >= 11 is 4.77. The molecule has 134 valence electrons. The van der Waals surface area contributed by atoms with Gasteiger partial charge in [0, 0.05) is 36.2 Å². The molecule has 26 heavy (non-hydrogen) atoms. The molecule has 4 heterocycles. The molecule has 1 N–H and O–H groups in total. The molecular formula is C18H17N3O2S3. The van der Waals surface area contributed by atoms with Crippen LogP contribution < -0.4 is 5.32 Å². The molecule has 1 aliphatic rings. The van der Waals surface area contributed by atoms with Gasteiger partial charge >= 0.3 is 0 Å². The lowest BCUT2D eigenvalue weighted by atomic mass is 10.1. The van der Waals surface area contributed by atoms with Crippen LogP contribution in [0.4, 0.5) is 5.13 Å². The van der Waals surface area contributed by atoms with E-state index in [4.69, 9.17) is 0 Å². The Hall–Kier alpha value is -2.03. The monoisotopic (exact) mass is 403 g/mol. The first kappa shape index (κ1) is 17.4. The van der Waals surface area contributed by atoms with E-state index in [1.807, 2.05) is 27.8 Å². The average Bonchev–Trinajstić information content (AvgIpc) is 3.38. The van der Waals surface area contributed by atoms with Gasteiger partial charge in [0.05, 0.1) is 10.6 Å². The molecule has 0 saturated carbocycles. The van der Waals surface area contributed by atoms with Gasteiger partial charge in [-0.05, 0) is 34.9 Å². The zero-order valence-corrected chi connectivity index (χ0v) is 16.4. The number of nitrogens with one attached hydrogen (secondary N) is 1. The van der Waals surface area contributed by atoms with Crippen LogP contribution in [0.2, 0.25) is 0 Å². The number of amides is 2. The SMILES string of the molecule is O=C(CCC(=O)N1CCc2sccc2C1)Nc1nc(-c2cccs2)cs1. The number of thiophene rings is 2. The van der Waals surface area contributed by atoms with Crippen LogP contribution in [0, 0.1) is 0 Å². The van der Waals surface area contributed by atoms with Gasteiger partial charge in [0.25, 0.3) is 0 Å². The molecular weight excluding hydrogens is 386 g/mol. The van der Waals surface area contributed by atoms with Crippen molar-refractivity contribution in [2.45, 2.75) is 25.8 Å². The molecule has 0 saturated heterocycles. The van der Waals surface area contributed by atoms with Crippen LogP contribution in [0.1, 0.15) is 23.3 Å². The fraction of sp³-hybridized carbons (Fsp3) is 0.278. The van der Waals surface area contributed by atoms with Crippen molar-refractivity contribution in [1.29, 1.82) is 0 Å². The predicted molar refractivity (Wildman–Crippen MR) is 107 cm³/mol. The minimum Gasteiger partial charge on any atom is -0.338 e. The van der Waals surface area contributed by atoms with Gasteiger partial charge in [0.2, 0.25) is 11.8 Å². The Kier molecular flexibility index (Phi) is 5.14. The molecule has 0 aromatic carbocycles. The second-order valence-corrected chi connectivity index (χ2v) is 8.80. The maximum absolute atomic E-state index is 12.4. The number of nitrogens with zero attached hydrogens (tertiary/aromatic N) is 2. The average molecular weight is 404 g/mol. The molecule has 8 heteroatoms. The largest absolute Gasteiger partial charge is 0.338 e. The number of rotatable bonds is 5. The van der Waals surface area contributed by atoms with E-state index in [1.165, 1.54) is 21.8 Å². The molecule has 4 rings (SSSR count). The van der Waals surface area contributed by atoms with Crippen molar-refractivity contribution < 1.29 is 9.59 Å². The number of hydrogen-bond donors (Lipinski definition) is 1. The Bertz CT molecular complexity index is 914. The molecule has 0 bridgehead atoms. The van der Waals surface area contributed by atoms with Crippen molar-refractivity contribution in [2.75, 3.05) is 11.9 Å². The molecule has 3 aromatic rings. The van der Waals surface area contributed by atoms with E-state index < -0.39 is 0 Å². The highest BCUT2D eigenvalue weighted by atomic mass is 32.1. The van der Waals surface area contributed by atoms with E-state index in [-0.39, 0.29) is 24.7 Å². The van der Waals surface area contributed by atoms with Crippen LogP contribution in [-0.2, 0) is 22.6 Å². The molecule has 0 atom stereocenters. The van der Waals surface area contributed by atoms with Crippen LogP contribution >= 0.6 is 34.0 Å². The predicted octanol–water partition coefficient (Wildman–Crippen LogP) is 4.24. The quantitative estimate of drug-likeness (QED) is 0.693. The third-order valence-electron chi connectivity index (χ3n) is 4.25. The Morgan fingerprint density at radius 3 is 2.92 bits per heavy atom. The number of carbonyl (C=O) groups excluding carboxylic acids is 2. The second-order valence-electron chi connectivity index (χ2n) is 6.00. The zero-order valence-electron chi connectivity index (χ0n) is 13.9. The van der Waals surface area contributed by atoms with Gasteiger partial charge in [-0.15, -0.1) is 34.0 Å². The van der Waals surface area contributed by atoms with Crippen molar-refractivity contribution in [3.8, 4) is 10.6 Å². The minimum absolute atomic E-state index is 0.0374. The van der Waals surface area contributed by atoms with Crippen LogP contribution in [0.5, 0.6) is 0 Å². The maximum atomic E-state index is 12.4. The van der Waals surface area contributed by atoms with Crippen molar-refractivity contribution in [3.63, 3.8) is 0 Å². The van der Waals surface area contributed by atoms with Gasteiger partial charge in [-0.25, -0.2) is 4.98 Å². The maximum Gasteiger partial charge on any atom is 0.226 e. The first-order valence-corrected chi connectivity index (χ1v) is 11.0. The Labute approximate surface area is 163 Å². The van der Waals surface area contributed by atoms with Crippen molar-refractivity contribution in [1.82, 2.24) is 9.88 Å². The number of carbonyl (C=O) groups is 2. The fourth-order valence-corrected chi connectivity index (χ4v) is 5.27. The summed E-state index contributed by atoms with van der Waals surface area (Å²) < 4.78 is 0. The molecule has 5 nitrogen and oxygen atoms in total. The van der Waals surface area contributed by atoms with Gasteiger partial charge < -0.3 is 10.2 Å². The summed E-state index contributed by atoms with van der Waals surface area (Å²) in [6.07, 6.45) is 1.32. The van der Waals surface area contributed by atoms with E-state index in [0.29, 0.717) is 11.7 Å². The van der Waals surface area contributed by atoms with Crippen LogP contribution in [0.25, 0.3) is 10.6 Å². The molecule has 0 unspecified atom stereocenters. The molecule has 0 radical (unpaired) electrons. The summed E-state index contributed by atoms with van der Waals surface area (Å²) in [7, 11) is 0. The van der Waals surface area contributed by atoms with Gasteiger partial charge in [0.15, 0.2) is 5.13 Å². The smallest absolute Gasteiger partial charge is 0.226 e. The fourth-order valence-electron chi connectivity index (χ4n) is 2.89. The third kappa shape index (κ3) is 3.87. The third-order valence-corrected chi connectivity index (χ3v) is 6.92. The lowest BCUT2D eigenvalue weighted by molar-refractivity contribution is -0.133. The lowest BCUT2D eigenvalue weighted by Gasteiger charge is -2.27. The first-order chi connectivity index (χ1) is 12.7. The first-order valence-electron chi connectivity index (χ1n) is 8.31. The minimum atomic E-state index is -0.168. The summed E-state index contributed by atoms with van der Waals surface area (Å²) in [6, 6.07) is 6.06. The van der Waals surface area contributed by atoms with Crippen LogP contribution in [0.15, 0.2) is 34.3 Å². The normalized spacial score (nSPS) is 13.5. The summed E-state index contributed by atoms with van der Waals surface area (Å²) in [6.45, 7) is 1.40. The second kappa shape index (κ2) is 7.69. The molecule has 0 spiro atoms. The van der Waals surface area contributed by atoms with Crippen molar-refractivity contribution in [2.24, 2.45) is 0 Å². The number of aromatic nitrogens is 1. The van der Waals surface area contributed by atoms with Crippen molar-refractivity contribution in [3.05, 3.63) is 44.8 Å². The standard InChI is InChI=1S/C18H17N3O2S3/c22-16(20-18-19-13(11-26-18)15-2-1-8-24-15)3-4-17(23)21-7-5-14-12(10-21)6-9-25-14/h1-2,6,8-9,11H,3-5,7,10H2,(H,19,20,22). The van der Waals surface area contributed by atoms with Gasteiger partial charge in [-0.2, -0.15) is 0 Å². The Balaban J connectivity index is 1.27. The highest BCUT2D eigenvalue weighted by Gasteiger charge is 2.22. The number of hydrogen-bond acceptors (Lipinski definition) is 6. The topological polar surface area (TPSA) is 62.3 Å². The number of thiazole rings is 1. The van der Waals surface area contributed by atoms with Gasteiger partial charge in [0.1, 0.15) is 0 Å². The summed E-state index contributed by atoms with van der Waals surface area (Å²) in [4.78, 5) is 33.3. The van der Waals surface area contributed by atoms with E-state index in [9.17, 15) is 9.59 Å². The van der Waals surface area contributed by atoms with E-state index in [0.717, 1.165) is 23.5 Å². The van der Waals surface area contributed by atoms with Crippen molar-refractivity contribution >= 4 is 51.0 Å². The van der Waals surface area contributed by atoms with E-state index in [2.05, 4.69) is 21.7 Å². The van der Waals surface area contributed by atoms with Crippen LogP contribution in [-0.4, -0.2) is 28.2 Å². The molecule has 3 aromatic heterocycles. The highest BCUT2D eigenvalue weighted by molar-refractivity contribution is 7.16.